The van der Waals surface area contributed by atoms with Crippen LogP contribution in [0.3, 0.4) is 0 Å². The van der Waals surface area contributed by atoms with Gasteiger partial charge in [-0.25, -0.2) is 12.7 Å². The van der Waals surface area contributed by atoms with Crippen LogP contribution < -0.4 is 5.73 Å². The number of nitrogens with two attached hydrogens (primary N) is 1. The second-order valence-corrected chi connectivity index (χ2v) is 7.78. The van der Waals surface area contributed by atoms with Crippen LogP contribution in [-0.2, 0) is 10.0 Å². The van der Waals surface area contributed by atoms with Gasteiger partial charge in [0, 0.05) is 13.1 Å². The van der Waals surface area contributed by atoms with E-state index in [0.717, 1.165) is 10.7 Å². The van der Waals surface area contributed by atoms with Crippen LogP contribution in [0.2, 0.25) is 0 Å². The minimum Gasteiger partial charge on any atom is -0.321 e. The third-order valence-electron chi connectivity index (χ3n) is 3.46. The zero-order chi connectivity index (χ0) is 16.6. The molecule has 1 aliphatic rings. The van der Waals surface area contributed by atoms with Crippen LogP contribution in [0, 0.1) is 11.8 Å². The number of alkyl halides is 5. The van der Waals surface area contributed by atoms with Crippen LogP contribution >= 0.6 is 0 Å². The molecular formula is C11H19F5N2O2S. The lowest BCUT2D eigenvalue weighted by Gasteiger charge is -2.35. The summed E-state index contributed by atoms with van der Waals surface area (Å²) in [4.78, 5) is 0. The van der Waals surface area contributed by atoms with Crippen LogP contribution in [0.5, 0.6) is 0 Å². The van der Waals surface area contributed by atoms with Crippen LogP contribution in [-0.4, -0.2) is 49.7 Å². The smallest absolute Gasteiger partial charge is 0.321 e. The predicted octanol–water partition coefficient (Wildman–Crippen LogP) is 1.82. The van der Waals surface area contributed by atoms with Gasteiger partial charge < -0.3 is 5.73 Å². The Morgan fingerprint density at radius 2 is 1.57 bits per heavy atom. The standard InChI is InChI=1S/C11H19F5N2O2S/c1-7-3-8(2)5-18(4-7)21(19,20)6-9(17)10(12,13)11(14,15)16/h7-9H,3-6,17H2,1-2H3. The molecule has 3 atom stereocenters. The van der Waals surface area contributed by atoms with Gasteiger partial charge in [-0.3, -0.25) is 0 Å². The average molecular weight is 338 g/mol. The number of sulfonamides is 1. The normalized spacial score (nSPS) is 27.6. The number of rotatable bonds is 4. The molecule has 1 rings (SSSR count). The van der Waals surface area contributed by atoms with Crippen molar-refractivity contribution < 1.29 is 30.4 Å². The molecule has 0 saturated carbocycles. The third-order valence-corrected chi connectivity index (χ3v) is 5.33. The van der Waals surface area contributed by atoms with Gasteiger partial charge in [0.05, 0.1) is 11.8 Å². The lowest BCUT2D eigenvalue weighted by molar-refractivity contribution is -0.287. The highest BCUT2D eigenvalue weighted by Gasteiger charge is 2.62. The minimum absolute atomic E-state index is 0.0166. The lowest BCUT2D eigenvalue weighted by Crippen LogP contribution is -2.56. The molecule has 10 heteroatoms. The molecule has 3 unspecified atom stereocenters. The van der Waals surface area contributed by atoms with E-state index in [9.17, 15) is 30.4 Å². The first kappa shape index (κ1) is 18.6. The van der Waals surface area contributed by atoms with E-state index in [1.165, 1.54) is 0 Å². The van der Waals surface area contributed by atoms with Gasteiger partial charge in [0.1, 0.15) is 0 Å². The first-order valence-electron chi connectivity index (χ1n) is 6.45. The molecule has 2 N–H and O–H groups in total. The van der Waals surface area contributed by atoms with Crippen LogP contribution in [0.4, 0.5) is 22.0 Å². The van der Waals surface area contributed by atoms with E-state index < -0.39 is 33.9 Å². The molecule has 126 valence electrons. The summed E-state index contributed by atoms with van der Waals surface area (Å²) in [5.74, 6) is -6.64. The van der Waals surface area contributed by atoms with Gasteiger partial charge in [-0.05, 0) is 18.3 Å². The Hall–Kier alpha value is -0.480. The maximum Gasteiger partial charge on any atom is 0.454 e. The molecule has 21 heavy (non-hydrogen) atoms. The van der Waals surface area contributed by atoms with E-state index in [2.05, 4.69) is 0 Å². The molecule has 0 aliphatic carbocycles. The van der Waals surface area contributed by atoms with Gasteiger partial charge >= 0.3 is 12.1 Å². The molecule has 0 radical (unpaired) electrons. The van der Waals surface area contributed by atoms with Gasteiger partial charge in [0.25, 0.3) is 0 Å². The summed E-state index contributed by atoms with van der Waals surface area (Å²) in [6, 6.07) is -2.82. The van der Waals surface area contributed by atoms with E-state index in [0.29, 0.717) is 0 Å². The summed E-state index contributed by atoms with van der Waals surface area (Å²) in [5, 5.41) is 0. The zero-order valence-electron chi connectivity index (χ0n) is 11.7. The topological polar surface area (TPSA) is 63.4 Å². The van der Waals surface area contributed by atoms with Gasteiger partial charge in [0.15, 0.2) is 0 Å². The molecule has 1 saturated heterocycles. The Morgan fingerprint density at radius 3 is 1.95 bits per heavy atom. The molecular weight excluding hydrogens is 319 g/mol. The fraction of sp³-hybridized carbons (Fsp3) is 1.00. The van der Waals surface area contributed by atoms with Crippen LogP contribution in [0.15, 0.2) is 0 Å². The monoisotopic (exact) mass is 338 g/mol. The van der Waals surface area contributed by atoms with E-state index in [1.807, 2.05) is 0 Å². The van der Waals surface area contributed by atoms with E-state index in [-0.39, 0.29) is 24.9 Å². The van der Waals surface area contributed by atoms with E-state index in [1.54, 1.807) is 13.8 Å². The second kappa shape index (κ2) is 5.96. The van der Waals surface area contributed by atoms with Crippen molar-refractivity contribution >= 4 is 10.0 Å². The zero-order valence-corrected chi connectivity index (χ0v) is 12.5. The van der Waals surface area contributed by atoms with Crippen LogP contribution in [0.1, 0.15) is 20.3 Å². The first-order chi connectivity index (χ1) is 9.27. The third kappa shape index (κ3) is 4.26. The molecule has 0 spiro atoms. The molecule has 0 bridgehead atoms. The Balaban J connectivity index is 2.85. The van der Waals surface area contributed by atoms with E-state index in [4.69, 9.17) is 5.73 Å². The molecule has 0 aromatic rings. The fourth-order valence-electron chi connectivity index (χ4n) is 2.48. The summed E-state index contributed by atoms with van der Waals surface area (Å²) in [5.41, 5.74) is 4.82. The number of halogens is 5. The summed E-state index contributed by atoms with van der Waals surface area (Å²) in [6.45, 7) is 3.80. The average Bonchev–Trinajstić information content (AvgIpc) is 2.25. The molecule has 0 aromatic carbocycles. The van der Waals surface area contributed by atoms with Crippen molar-refractivity contribution in [2.24, 2.45) is 17.6 Å². The number of hydrogen-bond acceptors (Lipinski definition) is 3. The van der Waals surface area contributed by atoms with Crippen molar-refractivity contribution in [1.29, 1.82) is 0 Å². The maximum atomic E-state index is 13.0. The van der Waals surface area contributed by atoms with Crippen molar-refractivity contribution in [3.8, 4) is 0 Å². The largest absolute Gasteiger partial charge is 0.454 e. The van der Waals surface area contributed by atoms with Gasteiger partial charge in [-0.2, -0.15) is 22.0 Å². The molecule has 1 heterocycles. The van der Waals surface area contributed by atoms with Gasteiger partial charge in [-0.15, -0.1) is 0 Å². The summed E-state index contributed by atoms with van der Waals surface area (Å²) in [7, 11) is -4.26. The molecule has 1 aliphatic heterocycles. The quantitative estimate of drug-likeness (QED) is 0.796. The minimum atomic E-state index is -5.87. The number of nitrogens with zero attached hydrogens (tertiary/aromatic N) is 1. The lowest BCUT2D eigenvalue weighted by atomic mass is 9.94. The number of hydrogen-bond donors (Lipinski definition) is 1. The van der Waals surface area contributed by atoms with Gasteiger partial charge in [-0.1, -0.05) is 13.8 Å². The predicted molar refractivity (Wildman–Crippen MR) is 67.3 cm³/mol. The fourth-order valence-corrected chi connectivity index (χ4v) is 4.32. The first-order valence-corrected chi connectivity index (χ1v) is 8.06. The second-order valence-electron chi connectivity index (χ2n) is 5.77. The highest BCUT2D eigenvalue weighted by atomic mass is 32.2. The SMILES string of the molecule is CC1CC(C)CN(S(=O)(=O)CC(N)C(F)(F)C(F)(F)F)C1. The highest BCUT2D eigenvalue weighted by Crippen LogP contribution is 2.38. The Labute approximate surface area is 120 Å². The van der Waals surface area contributed by atoms with Crippen molar-refractivity contribution in [1.82, 2.24) is 4.31 Å². The highest BCUT2D eigenvalue weighted by molar-refractivity contribution is 7.89. The van der Waals surface area contributed by atoms with Crippen molar-refractivity contribution in [2.75, 3.05) is 18.8 Å². The van der Waals surface area contributed by atoms with Crippen molar-refractivity contribution in [2.45, 2.75) is 38.4 Å². The molecule has 0 aromatic heterocycles. The van der Waals surface area contributed by atoms with Crippen molar-refractivity contribution in [3.05, 3.63) is 0 Å². The Kier molecular flexibility index (Phi) is 5.27. The van der Waals surface area contributed by atoms with Crippen molar-refractivity contribution in [3.63, 3.8) is 0 Å². The summed E-state index contributed by atoms with van der Waals surface area (Å²) >= 11 is 0. The summed E-state index contributed by atoms with van der Waals surface area (Å²) < 4.78 is 87.6. The number of piperidine rings is 1. The summed E-state index contributed by atoms with van der Waals surface area (Å²) in [6.07, 6.45) is -5.10. The molecule has 1 fully saturated rings. The van der Waals surface area contributed by atoms with E-state index >= 15 is 0 Å². The van der Waals surface area contributed by atoms with Crippen LogP contribution in [0.25, 0.3) is 0 Å². The Morgan fingerprint density at radius 1 is 1.14 bits per heavy atom. The van der Waals surface area contributed by atoms with Gasteiger partial charge in [0.2, 0.25) is 10.0 Å². The molecule has 4 nitrogen and oxygen atoms in total. The maximum absolute atomic E-state index is 13.0. The Bertz CT molecular complexity index is 456. The molecule has 0 amide bonds.